The van der Waals surface area contributed by atoms with Crippen LogP contribution in [0, 0.1) is 11.6 Å². The summed E-state index contributed by atoms with van der Waals surface area (Å²) < 4.78 is 26.3. The summed E-state index contributed by atoms with van der Waals surface area (Å²) in [7, 11) is 1.67. The van der Waals surface area contributed by atoms with Crippen LogP contribution < -0.4 is 10.2 Å². The van der Waals surface area contributed by atoms with Gasteiger partial charge in [-0.25, -0.2) is 8.78 Å². The highest BCUT2D eigenvalue weighted by Gasteiger charge is 2.14. The van der Waals surface area contributed by atoms with Crippen LogP contribution in [0.25, 0.3) is 0 Å². The number of nitrogens with one attached hydrogen (secondary N) is 1. The Labute approximate surface area is 143 Å². The lowest BCUT2D eigenvalue weighted by Gasteiger charge is -2.17. The molecule has 126 valence electrons. The topological polar surface area (TPSA) is 45.2 Å². The molecule has 0 aliphatic heterocycles. The van der Waals surface area contributed by atoms with Crippen LogP contribution in [0.15, 0.2) is 67.0 Å². The molecule has 0 aliphatic rings. The lowest BCUT2D eigenvalue weighted by Crippen LogP contribution is -2.26. The molecule has 1 heterocycles. The van der Waals surface area contributed by atoms with Crippen molar-refractivity contribution in [3.05, 3.63) is 84.2 Å². The number of para-hydroxylation sites is 1. The van der Waals surface area contributed by atoms with E-state index >= 15 is 0 Å². The van der Waals surface area contributed by atoms with Crippen LogP contribution in [-0.4, -0.2) is 17.9 Å². The number of anilines is 3. The zero-order valence-electron chi connectivity index (χ0n) is 13.4. The van der Waals surface area contributed by atoms with Crippen LogP contribution in [0.4, 0.5) is 25.8 Å². The van der Waals surface area contributed by atoms with Gasteiger partial charge in [0.1, 0.15) is 0 Å². The molecule has 1 aromatic heterocycles. The molecule has 0 spiro atoms. The Bertz CT molecular complexity index is 900. The Morgan fingerprint density at radius 2 is 1.72 bits per heavy atom. The number of hydrogen-bond donors (Lipinski definition) is 1. The largest absolute Gasteiger partial charge is 0.354 e. The van der Waals surface area contributed by atoms with E-state index in [4.69, 9.17) is 0 Å². The van der Waals surface area contributed by atoms with E-state index < -0.39 is 11.6 Å². The number of hydrogen-bond acceptors (Lipinski definition) is 3. The summed E-state index contributed by atoms with van der Waals surface area (Å²) in [6.07, 6.45) is 2.96. The van der Waals surface area contributed by atoms with E-state index in [2.05, 4.69) is 10.3 Å². The molecule has 0 unspecified atom stereocenters. The quantitative estimate of drug-likeness (QED) is 0.767. The Hall–Kier alpha value is -3.28. The fraction of sp³-hybridized carbons (Fsp3) is 0.0526. The molecular formula is C19H15F2N3O. The fourth-order valence-electron chi connectivity index (χ4n) is 2.33. The van der Waals surface area contributed by atoms with Crippen LogP contribution in [-0.2, 0) is 0 Å². The first-order chi connectivity index (χ1) is 12.0. The van der Waals surface area contributed by atoms with Crippen LogP contribution in [0.2, 0.25) is 0 Å². The molecule has 6 heteroatoms. The summed E-state index contributed by atoms with van der Waals surface area (Å²) >= 11 is 0. The molecule has 0 aliphatic carbocycles. The van der Waals surface area contributed by atoms with Crippen molar-refractivity contribution in [3.8, 4) is 0 Å². The number of amides is 1. The second-order valence-electron chi connectivity index (χ2n) is 5.42. The van der Waals surface area contributed by atoms with E-state index in [-0.39, 0.29) is 5.91 Å². The molecule has 0 saturated heterocycles. The summed E-state index contributed by atoms with van der Waals surface area (Å²) in [5.74, 6) is -2.10. The maximum Gasteiger partial charge on any atom is 0.259 e. The van der Waals surface area contributed by atoms with Crippen LogP contribution in [0.3, 0.4) is 0 Å². The number of benzene rings is 2. The third-order valence-electron chi connectivity index (χ3n) is 3.64. The number of halogens is 2. The predicted octanol–water partition coefficient (Wildman–Crippen LogP) is 4.38. The first-order valence-corrected chi connectivity index (χ1v) is 7.55. The van der Waals surface area contributed by atoms with E-state index in [1.807, 2.05) is 30.3 Å². The molecule has 0 saturated carbocycles. The minimum atomic E-state index is -0.950. The number of rotatable bonds is 4. The first kappa shape index (κ1) is 16.6. The first-order valence-electron chi connectivity index (χ1n) is 7.55. The average Bonchev–Trinajstić information content (AvgIpc) is 2.64. The lowest BCUT2D eigenvalue weighted by molar-refractivity contribution is 0.0992. The van der Waals surface area contributed by atoms with Gasteiger partial charge in [-0.05, 0) is 30.3 Å². The number of carbonyl (C=O) groups excluding carboxylic acids is 1. The van der Waals surface area contributed by atoms with E-state index in [9.17, 15) is 13.6 Å². The van der Waals surface area contributed by atoms with Gasteiger partial charge in [0.2, 0.25) is 0 Å². The lowest BCUT2D eigenvalue weighted by atomic mass is 10.2. The molecule has 0 radical (unpaired) electrons. The molecule has 1 amide bonds. The van der Waals surface area contributed by atoms with E-state index in [0.717, 1.165) is 17.8 Å². The molecule has 1 N–H and O–H groups in total. The van der Waals surface area contributed by atoms with Crippen LogP contribution in [0.5, 0.6) is 0 Å². The van der Waals surface area contributed by atoms with Gasteiger partial charge in [0.25, 0.3) is 5.91 Å². The van der Waals surface area contributed by atoms with E-state index in [0.29, 0.717) is 16.9 Å². The molecule has 3 rings (SSSR count). The molecule has 2 aromatic carbocycles. The minimum absolute atomic E-state index is 0.229. The number of nitrogens with zero attached hydrogens (tertiary/aromatic N) is 2. The second-order valence-corrected chi connectivity index (χ2v) is 5.42. The standard InChI is InChI=1S/C19H15F2N3O/c1-24(16-5-3-2-4-6-16)19(25)13-9-15(12-22-11-13)23-14-7-8-17(20)18(21)10-14/h2-12,23H,1H3. The summed E-state index contributed by atoms with van der Waals surface area (Å²) in [6, 6.07) is 14.3. The molecular weight excluding hydrogens is 324 g/mol. The summed E-state index contributed by atoms with van der Waals surface area (Å²) in [5, 5.41) is 2.91. The van der Waals surface area contributed by atoms with Crippen molar-refractivity contribution in [1.82, 2.24) is 4.98 Å². The van der Waals surface area contributed by atoms with Crippen molar-refractivity contribution in [2.75, 3.05) is 17.3 Å². The molecule has 3 aromatic rings. The van der Waals surface area contributed by atoms with Gasteiger partial charge in [0.05, 0.1) is 17.4 Å². The number of pyridine rings is 1. The summed E-state index contributed by atoms with van der Waals surface area (Å²) in [5.41, 5.74) is 1.99. The third kappa shape index (κ3) is 3.80. The number of carbonyl (C=O) groups is 1. The smallest absolute Gasteiger partial charge is 0.259 e. The zero-order valence-corrected chi connectivity index (χ0v) is 13.4. The molecule has 0 fully saturated rings. The van der Waals surface area contributed by atoms with Gasteiger partial charge in [-0.15, -0.1) is 0 Å². The monoisotopic (exact) mass is 339 g/mol. The molecule has 0 bridgehead atoms. The highest BCUT2D eigenvalue weighted by Crippen LogP contribution is 2.21. The van der Waals surface area contributed by atoms with Gasteiger partial charge >= 0.3 is 0 Å². The molecule has 4 nitrogen and oxygen atoms in total. The van der Waals surface area contributed by atoms with Gasteiger partial charge in [-0.2, -0.15) is 0 Å². The highest BCUT2D eigenvalue weighted by atomic mass is 19.2. The van der Waals surface area contributed by atoms with Gasteiger partial charge in [0, 0.05) is 30.7 Å². The number of aromatic nitrogens is 1. The zero-order chi connectivity index (χ0) is 17.8. The molecule has 25 heavy (non-hydrogen) atoms. The highest BCUT2D eigenvalue weighted by molar-refractivity contribution is 6.06. The minimum Gasteiger partial charge on any atom is -0.354 e. The Balaban J connectivity index is 1.81. The van der Waals surface area contributed by atoms with Crippen molar-refractivity contribution in [1.29, 1.82) is 0 Å². The third-order valence-corrected chi connectivity index (χ3v) is 3.64. The average molecular weight is 339 g/mol. The van der Waals surface area contributed by atoms with Gasteiger partial charge < -0.3 is 10.2 Å². The van der Waals surface area contributed by atoms with Crippen LogP contribution >= 0.6 is 0 Å². The fourth-order valence-corrected chi connectivity index (χ4v) is 2.33. The molecule has 0 atom stereocenters. The predicted molar refractivity (Wildman–Crippen MR) is 93.1 cm³/mol. The normalized spacial score (nSPS) is 10.4. The Morgan fingerprint density at radius 3 is 2.44 bits per heavy atom. The van der Waals surface area contributed by atoms with Gasteiger partial charge in [-0.1, -0.05) is 18.2 Å². The van der Waals surface area contributed by atoms with Crippen molar-refractivity contribution in [3.63, 3.8) is 0 Å². The van der Waals surface area contributed by atoms with Gasteiger partial charge in [-0.3, -0.25) is 9.78 Å². The Kier molecular flexibility index (Phi) is 4.70. The van der Waals surface area contributed by atoms with Crippen molar-refractivity contribution < 1.29 is 13.6 Å². The van der Waals surface area contributed by atoms with E-state index in [1.165, 1.54) is 23.4 Å². The van der Waals surface area contributed by atoms with Gasteiger partial charge in [0.15, 0.2) is 11.6 Å². The maximum absolute atomic E-state index is 13.3. The second kappa shape index (κ2) is 7.09. The summed E-state index contributed by atoms with van der Waals surface area (Å²) in [6.45, 7) is 0. The SMILES string of the molecule is CN(C(=O)c1cncc(Nc2ccc(F)c(F)c2)c1)c1ccccc1. The van der Waals surface area contributed by atoms with E-state index in [1.54, 1.807) is 13.1 Å². The van der Waals surface area contributed by atoms with Crippen molar-refractivity contribution >= 4 is 23.0 Å². The maximum atomic E-state index is 13.3. The summed E-state index contributed by atoms with van der Waals surface area (Å²) in [4.78, 5) is 18.1. The van der Waals surface area contributed by atoms with Crippen molar-refractivity contribution in [2.24, 2.45) is 0 Å². The van der Waals surface area contributed by atoms with Crippen molar-refractivity contribution in [2.45, 2.75) is 0 Å². The Morgan fingerprint density at radius 1 is 0.960 bits per heavy atom. The van der Waals surface area contributed by atoms with Crippen LogP contribution in [0.1, 0.15) is 10.4 Å².